The lowest BCUT2D eigenvalue weighted by Crippen LogP contribution is -2.36. The average Bonchev–Trinajstić information content (AvgIpc) is 2.97. The highest BCUT2D eigenvalue weighted by Crippen LogP contribution is 2.27. The fourth-order valence-electron chi connectivity index (χ4n) is 2.17. The quantitative estimate of drug-likeness (QED) is 0.815. The summed E-state index contributed by atoms with van der Waals surface area (Å²) in [5, 5.41) is 14.2. The van der Waals surface area contributed by atoms with E-state index in [1.807, 2.05) is 16.3 Å². The fraction of sp³-hybridized carbons (Fsp3) is 0.429. The normalized spacial score (nSPS) is 14.6. The standard InChI is InChI=1S/C14H17N3O3S/c18-6-5-17(10-3-4-10)8-13(19)16-14-15-11(9-21-14)12-2-1-7-20-12/h1-2,7,9-10,18H,3-6,8H2,(H,15,16,19). The van der Waals surface area contributed by atoms with E-state index in [1.165, 1.54) is 11.3 Å². The number of nitrogens with zero attached hydrogens (tertiary/aromatic N) is 2. The van der Waals surface area contributed by atoms with Gasteiger partial charge in [-0.1, -0.05) is 0 Å². The van der Waals surface area contributed by atoms with Crippen molar-refractivity contribution in [2.45, 2.75) is 18.9 Å². The molecule has 1 aliphatic carbocycles. The van der Waals surface area contributed by atoms with Crippen molar-refractivity contribution in [3.63, 3.8) is 0 Å². The Bertz CT molecular complexity index is 592. The number of nitrogens with one attached hydrogen (secondary N) is 1. The van der Waals surface area contributed by atoms with Crippen LogP contribution in [0.4, 0.5) is 5.13 Å². The molecule has 0 aromatic carbocycles. The molecule has 0 spiro atoms. The van der Waals surface area contributed by atoms with Crippen LogP contribution in [-0.2, 0) is 4.79 Å². The Morgan fingerprint density at radius 1 is 1.57 bits per heavy atom. The number of furan rings is 1. The third-order valence-electron chi connectivity index (χ3n) is 3.32. The third kappa shape index (κ3) is 3.69. The first kappa shape index (κ1) is 14.2. The molecule has 7 heteroatoms. The van der Waals surface area contributed by atoms with Crippen LogP contribution in [-0.4, -0.2) is 46.6 Å². The van der Waals surface area contributed by atoms with Crippen LogP contribution < -0.4 is 5.32 Å². The number of carbonyl (C=O) groups is 1. The summed E-state index contributed by atoms with van der Waals surface area (Å²) in [5.41, 5.74) is 0.717. The molecule has 21 heavy (non-hydrogen) atoms. The monoisotopic (exact) mass is 307 g/mol. The van der Waals surface area contributed by atoms with Gasteiger partial charge in [-0.15, -0.1) is 11.3 Å². The van der Waals surface area contributed by atoms with Gasteiger partial charge in [-0.05, 0) is 25.0 Å². The summed E-state index contributed by atoms with van der Waals surface area (Å²) < 4.78 is 5.27. The van der Waals surface area contributed by atoms with Crippen LogP contribution in [0.5, 0.6) is 0 Å². The zero-order valence-corrected chi connectivity index (χ0v) is 12.3. The summed E-state index contributed by atoms with van der Waals surface area (Å²) in [6.07, 6.45) is 3.80. The van der Waals surface area contributed by atoms with Gasteiger partial charge in [0.05, 0.1) is 19.4 Å². The van der Waals surface area contributed by atoms with Crippen LogP contribution >= 0.6 is 11.3 Å². The van der Waals surface area contributed by atoms with Gasteiger partial charge in [0.15, 0.2) is 10.9 Å². The third-order valence-corrected chi connectivity index (χ3v) is 4.08. The largest absolute Gasteiger partial charge is 0.463 e. The Morgan fingerprint density at radius 2 is 2.43 bits per heavy atom. The van der Waals surface area contributed by atoms with Gasteiger partial charge in [0, 0.05) is 18.0 Å². The number of hydrogen-bond donors (Lipinski definition) is 2. The molecule has 2 aromatic rings. The van der Waals surface area contributed by atoms with Gasteiger partial charge in [-0.3, -0.25) is 9.69 Å². The predicted molar refractivity (Wildman–Crippen MR) is 80.1 cm³/mol. The molecule has 6 nitrogen and oxygen atoms in total. The number of aliphatic hydroxyl groups excluding tert-OH is 1. The fourth-order valence-corrected chi connectivity index (χ4v) is 2.89. The van der Waals surface area contributed by atoms with Crippen LogP contribution in [0, 0.1) is 0 Å². The van der Waals surface area contributed by atoms with Crippen LogP contribution in [0.1, 0.15) is 12.8 Å². The van der Waals surface area contributed by atoms with E-state index in [-0.39, 0.29) is 12.5 Å². The zero-order chi connectivity index (χ0) is 14.7. The molecule has 0 atom stereocenters. The summed E-state index contributed by atoms with van der Waals surface area (Å²) in [6, 6.07) is 4.07. The van der Waals surface area contributed by atoms with Crippen LogP contribution in [0.2, 0.25) is 0 Å². The number of amides is 1. The van der Waals surface area contributed by atoms with Gasteiger partial charge in [0.1, 0.15) is 5.69 Å². The van der Waals surface area contributed by atoms with E-state index >= 15 is 0 Å². The zero-order valence-electron chi connectivity index (χ0n) is 11.5. The van der Waals surface area contributed by atoms with E-state index in [0.29, 0.717) is 30.0 Å². The number of aromatic nitrogens is 1. The van der Waals surface area contributed by atoms with E-state index in [1.54, 1.807) is 12.3 Å². The lowest BCUT2D eigenvalue weighted by molar-refractivity contribution is -0.117. The lowest BCUT2D eigenvalue weighted by Gasteiger charge is -2.19. The van der Waals surface area contributed by atoms with Crippen molar-refractivity contribution in [3.8, 4) is 11.5 Å². The molecule has 0 aliphatic heterocycles. The van der Waals surface area contributed by atoms with E-state index in [9.17, 15) is 4.79 Å². The number of rotatable bonds is 7. The topological polar surface area (TPSA) is 78.6 Å². The Morgan fingerprint density at radius 3 is 3.10 bits per heavy atom. The van der Waals surface area contributed by atoms with E-state index in [0.717, 1.165) is 18.5 Å². The summed E-state index contributed by atoms with van der Waals surface area (Å²) >= 11 is 1.37. The van der Waals surface area contributed by atoms with Crippen molar-refractivity contribution in [3.05, 3.63) is 23.8 Å². The molecule has 1 saturated carbocycles. The predicted octanol–water partition coefficient (Wildman–Crippen LogP) is 1.80. The van der Waals surface area contributed by atoms with Crippen molar-refractivity contribution < 1.29 is 14.3 Å². The van der Waals surface area contributed by atoms with Crippen molar-refractivity contribution in [1.82, 2.24) is 9.88 Å². The SMILES string of the molecule is O=C(CN(CCO)C1CC1)Nc1nc(-c2ccco2)cs1. The highest BCUT2D eigenvalue weighted by atomic mass is 32.1. The highest BCUT2D eigenvalue weighted by molar-refractivity contribution is 7.14. The number of hydrogen-bond acceptors (Lipinski definition) is 6. The second-order valence-corrected chi connectivity index (χ2v) is 5.85. The highest BCUT2D eigenvalue weighted by Gasteiger charge is 2.29. The molecule has 1 fully saturated rings. The van der Waals surface area contributed by atoms with Crippen molar-refractivity contribution in [2.75, 3.05) is 25.0 Å². The Balaban J connectivity index is 1.57. The number of thiazole rings is 1. The molecule has 2 N–H and O–H groups in total. The van der Waals surface area contributed by atoms with Crippen LogP contribution in [0.25, 0.3) is 11.5 Å². The van der Waals surface area contributed by atoms with E-state index in [2.05, 4.69) is 10.3 Å². The Hall–Kier alpha value is -1.70. The van der Waals surface area contributed by atoms with Gasteiger partial charge < -0.3 is 14.8 Å². The van der Waals surface area contributed by atoms with Crippen molar-refractivity contribution in [2.24, 2.45) is 0 Å². The first-order chi connectivity index (χ1) is 10.3. The smallest absolute Gasteiger partial charge is 0.240 e. The first-order valence-electron chi connectivity index (χ1n) is 6.90. The second-order valence-electron chi connectivity index (χ2n) is 4.99. The summed E-state index contributed by atoms with van der Waals surface area (Å²) in [6.45, 7) is 0.901. The van der Waals surface area contributed by atoms with Crippen LogP contribution in [0.15, 0.2) is 28.2 Å². The molecule has 0 saturated heterocycles. The molecule has 1 aliphatic rings. The van der Waals surface area contributed by atoms with Crippen LogP contribution in [0.3, 0.4) is 0 Å². The molecule has 3 rings (SSSR count). The molecule has 2 aromatic heterocycles. The minimum absolute atomic E-state index is 0.0731. The van der Waals surface area contributed by atoms with E-state index < -0.39 is 0 Å². The number of aliphatic hydroxyl groups is 1. The summed E-state index contributed by atoms with van der Waals surface area (Å²) in [5.74, 6) is 0.585. The molecule has 0 bridgehead atoms. The van der Waals surface area contributed by atoms with Crippen molar-refractivity contribution >= 4 is 22.4 Å². The number of carbonyl (C=O) groups excluding carboxylic acids is 1. The minimum atomic E-state index is -0.101. The summed E-state index contributed by atoms with van der Waals surface area (Å²) in [4.78, 5) is 18.4. The van der Waals surface area contributed by atoms with Gasteiger partial charge in [-0.2, -0.15) is 0 Å². The van der Waals surface area contributed by atoms with E-state index in [4.69, 9.17) is 9.52 Å². The molecule has 0 unspecified atom stereocenters. The lowest BCUT2D eigenvalue weighted by atomic mass is 10.4. The van der Waals surface area contributed by atoms with Crippen molar-refractivity contribution in [1.29, 1.82) is 0 Å². The maximum Gasteiger partial charge on any atom is 0.240 e. The van der Waals surface area contributed by atoms with Gasteiger partial charge in [-0.25, -0.2) is 4.98 Å². The molecule has 2 heterocycles. The molecule has 112 valence electrons. The van der Waals surface area contributed by atoms with Gasteiger partial charge in [0.25, 0.3) is 0 Å². The second kappa shape index (κ2) is 6.38. The Kier molecular flexibility index (Phi) is 4.33. The maximum absolute atomic E-state index is 12.0. The first-order valence-corrected chi connectivity index (χ1v) is 7.78. The van der Waals surface area contributed by atoms with Gasteiger partial charge in [0.2, 0.25) is 5.91 Å². The average molecular weight is 307 g/mol. The maximum atomic E-state index is 12.0. The molecular weight excluding hydrogens is 290 g/mol. The molecule has 0 radical (unpaired) electrons. The number of anilines is 1. The van der Waals surface area contributed by atoms with Gasteiger partial charge >= 0.3 is 0 Å². The molecular formula is C14H17N3O3S. The molecule has 1 amide bonds. The summed E-state index contributed by atoms with van der Waals surface area (Å²) in [7, 11) is 0. The Labute approximate surface area is 126 Å². The minimum Gasteiger partial charge on any atom is -0.463 e.